The van der Waals surface area contributed by atoms with Crippen molar-refractivity contribution in [3.63, 3.8) is 0 Å². The lowest BCUT2D eigenvalue weighted by molar-refractivity contribution is -0.348. The maximum absolute atomic E-state index is 14.4. The number of nitrogens with zero attached hydrogens (tertiary/aromatic N) is 2. The third-order valence-corrected chi connectivity index (χ3v) is 6.59. The Hall–Kier alpha value is -3.41. The second-order valence-corrected chi connectivity index (χ2v) is 9.79. The van der Waals surface area contributed by atoms with Gasteiger partial charge in [0.15, 0.2) is 5.69 Å². The largest absolute Gasteiger partial charge is 0.435 e. The lowest BCUT2D eigenvalue weighted by Gasteiger charge is -2.30. The van der Waals surface area contributed by atoms with E-state index in [4.69, 9.17) is 11.6 Å². The van der Waals surface area contributed by atoms with Gasteiger partial charge in [0.25, 0.3) is 5.91 Å². The van der Waals surface area contributed by atoms with E-state index in [0.29, 0.717) is 23.4 Å². The average molecular weight is 592 g/mol. The molecule has 1 aliphatic carbocycles. The van der Waals surface area contributed by atoms with Gasteiger partial charge in [0.05, 0.1) is 5.69 Å². The van der Waals surface area contributed by atoms with E-state index in [0.717, 1.165) is 25.0 Å². The number of carbonyl (C=O) groups excluding carboxylic acids is 1. The van der Waals surface area contributed by atoms with Gasteiger partial charge < -0.3 is 10.2 Å². The molecule has 4 rings (SSSR count). The fraction of sp³-hybridized carbons (Fsp3) is 0.333. The van der Waals surface area contributed by atoms with Crippen molar-refractivity contribution in [2.45, 2.75) is 49.9 Å². The van der Waals surface area contributed by atoms with Crippen LogP contribution in [0.4, 0.5) is 40.8 Å². The fourth-order valence-electron chi connectivity index (χ4n) is 4.03. The number of alkyl halides is 7. The van der Waals surface area contributed by atoms with Gasteiger partial charge in [-0.25, -0.2) is 13.8 Å². The van der Waals surface area contributed by atoms with E-state index in [2.05, 4.69) is 10.3 Å². The lowest BCUT2D eigenvalue weighted by Crippen LogP contribution is -2.50. The van der Waals surface area contributed by atoms with Crippen LogP contribution in [0.3, 0.4) is 0 Å². The number of nitrogens with one attached hydrogen (secondary N) is 1. The van der Waals surface area contributed by atoms with Gasteiger partial charge >= 0.3 is 18.0 Å². The van der Waals surface area contributed by atoms with Crippen molar-refractivity contribution in [1.29, 1.82) is 0 Å². The predicted octanol–water partition coefficient (Wildman–Crippen LogP) is 7.62. The first kappa shape index (κ1) is 29.6. The molecule has 1 fully saturated rings. The molecule has 1 aromatic heterocycles. The molecule has 2 aromatic carbocycles. The van der Waals surface area contributed by atoms with Gasteiger partial charge in [0.2, 0.25) is 0 Å². The average Bonchev–Trinajstić information content (AvgIpc) is 3.71. The molecule has 1 aliphatic rings. The normalized spacial score (nSPS) is 14.2. The van der Waals surface area contributed by atoms with Crippen LogP contribution in [0.15, 0.2) is 60.7 Å². The Morgan fingerprint density at radius 3 is 2.00 bits per heavy atom. The number of aromatic nitrogens is 1. The summed E-state index contributed by atoms with van der Waals surface area (Å²) in [5.41, 5.74) is -5.99. The van der Waals surface area contributed by atoms with Crippen LogP contribution in [0.1, 0.15) is 40.0 Å². The van der Waals surface area contributed by atoms with Crippen LogP contribution in [-0.4, -0.2) is 40.7 Å². The molecular weight excluding hydrogens is 570 g/mol. The molecule has 0 saturated heterocycles. The zero-order valence-corrected chi connectivity index (χ0v) is 21.3. The highest BCUT2D eigenvalue weighted by Crippen LogP contribution is 2.53. The Kier molecular flexibility index (Phi) is 8.30. The van der Waals surface area contributed by atoms with Crippen molar-refractivity contribution < 1.29 is 39.9 Å². The molecule has 0 bridgehead atoms. The number of anilines is 1. The predicted molar refractivity (Wildman–Crippen MR) is 132 cm³/mol. The summed E-state index contributed by atoms with van der Waals surface area (Å²) in [5.74, 6) is -1.07. The molecule has 4 nitrogen and oxygen atoms in total. The van der Waals surface area contributed by atoms with Gasteiger partial charge in [0.1, 0.15) is 11.0 Å². The molecule has 1 heterocycles. The summed E-state index contributed by atoms with van der Waals surface area (Å²) in [6, 6.07) is 11.3. The van der Waals surface area contributed by atoms with Gasteiger partial charge in [-0.05, 0) is 54.7 Å². The second kappa shape index (κ2) is 11.2. The van der Waals surface area contributed by atoms with E-state index < -0.39 is 35.3 Å². The number of carbonyl (C=O) groups is 1. The van der Waals surface area contributed by atoms with Crippen LogP contribution in [0, 0.1) is 5.82 Å². The number of hydrogen-bond acceptors (Lipinski definition) is 3. The van der Waals surface area contributed by atoms with Gasteiger partial charge in [-0.1, -0.05) is 48.0 Å². The fourth-order valence-corrected chi connectivity index (χ4v) is 4.18. The summed E-state index contributed by atoms with van der Waals surface area (Å²) >= 11 is 6.04. The summed E-state index contributed by atoms with van der Waals surface area (Å²) in [5, 5.41) is 3.21. The maximum atomic E-state index is 14.4. The molecule has 0 atom stereocenters. The van der Waals surface area contributed by atoms with Crippen LogP contribution in [0.5, 0.6) is 0 Å². The minimum atomic E-state index is -6.24. The molecule has 0 aliphatic heterocycles. The minimum Gasteiger partial charge on any atom is -0.380 e. The molecule has 40 heavy (non-hydrogen) atoms. The number of pyridine rings is 1. The number of benzene rings is 2. The Morgan fingerprint density at radius 1 is 0.875 bits per heavy atom. The second-order valence-electron chi connectivity index (χ2n) is 9.40. The van der Waals surface area contributed by atoms with Crippen LogP contribution in [-0.2, 0) is 18.6 Å². The summed E-state index contributed by atoms with van der Waals surface area (Å²) in [6.07, 6.45) is -10.5. The minimum absolute atomic E-state index is 0.0213. The number of rotatable bonds is 9. The quantitative estimate of drug-likeness (QED) is 0.206. The molecule has 0 spiro atoms. The van der Waals surface area contributed by atoms with Crippen molar-refractivity contribution >= 4 is 23.2 Å². The zero-order chi connectivity index (χ0) is 29.3. The standard InChI is InChI=1S/C27H22ClF8N3O/c28-22-12-11-21(37-20-9-10-20)23(38-22)24(40)39(14-13-16-3-7-19(29)8-4-16)15-17-1-5-18(6-2-17)25(30,26(31,32)33)27(34,35)36/h1-8,11-12,20,37H,9-10,13-15H2. The Labute approximate surface area is 229 Å². The topological polar surface area (TPSA) is 45.2 Å². The molecule has 1 amide bonds. The first-order valence-electron chi connectivity index (χ1n) is 12.1. The Balaban J connectivity index is 1.63. The lowest BCUT2D eigenvalue weighted by atomic mass is 9.93. The molecule has 13 heteroatoms. The molecule has 3 aromatic rings. The molecule has 0 unspecified atom stereocenters. The SMILES string of the molecule is O=C(c1nc(Cl)ccc1NC1CC1)N(CCc1ccc(F)cc1)Cc1ccc(C(F)(C(F)(F)F)C(F)(F)F)cc1. The van der Waals surface area contributed by atoms with E-state index >= 15 is 0 Å². The zero-order valence-electron chi connectivity index (χ0n) is 20.6. The van der Waals surface area contributed by atoms with E-state index in [1.807, 2.05) is 0 Å². The number of amides is 1. The monoisotopic (exact) mass is 591 g/mol. The molecule has 0 radical (unpaired) electrons. The van der Waals surface area contributed by atoms with Gasteiger partial charge in [-0.2, -0.15) is 26.3 Å². The maximum Gasteiger partial charge on any atom is 0.435 e. The third kappa shape index (κ3) is 6.48. The van der Waals surface area contributed by atoms with Gasteiger partial charge in [-0.15, -0.1) is 0 Å². The van der Waals surface area contributed by atoms with Crippen molar-refractivity contribution in [2.24, 2.45) is 0 Å². The Bertz CT molecular complexity index is 1330. The molecular formula is C27H22ClF8N3O. The highest BCUT2D eigenvalue weighted by Gasteiger charge is 2.73. The first-order chi connectivity index (χ1) is 18.7. The van der Waals surface area contributed by atoms with Crippen LogP contribution in [0.2, 0.25) is 5.15 Å². The van der Waals surface area contributed by atoms with Crippen LogP contribution in [0.25, 0.3) is 0 Å². The summed E-state index contributed by atoms with van der Waals surface area (Å²) in [6.45, 7) is -0.226. The first-order valence-corrected chi connectivity index (χ1v) is 12.5. The number of hydrogen-bond donors (Lipinski definition) is 1. The van der Waals surface area contributed by atoms with Crippen molar-refractivity contribution in [3.05, 3.63) is 94.0 Å². The highest BCUT2D eigenvalue weighted by molar-refractivity contribution is 6.29. The van der Waals surface area contributed by atoms with E-state index in [1.54, 1.807) is 6.07 Å². The summed E-state index contributed by atoms with van der Waals surface area (Å²) < 4.78 is 107. The van der Waals surface area contributed by atoms with Crippen molar-refractivity contribution in [1.82, 2.24) is 9.88 Å². The van der Waals surface area contributed by atoms with Crippen molar-refractivity contribution in [3.8, 4) is 0 Å². The van der Waals surface area contributed by atoms with E-state index in [-0.39, 0.29) is 42.0 Å². The Morgan fingerprint density at radius 2 is 1.45 bits per heavy atom. The van der Waals surface area contributed by atoms with E-state index in [1.165, 1.54) is 35.2 Å². The third-order valence-electron chi connectivity index (χ3n) is 6.38. The molecule has 1 N–H and O–H groups in total. The van der Waals surface area contributed by atoms with Gasteiger partial charge in [-0.3, -0.25) is 4.79 Å². The smallest absolute Gasteiger partial charge is 0.380 e. The van der Waals surface area contributed by atoms with Crippen LogP contribution >= 0.6 is 11.6 Å². The molecule has 1 saturated carbocycles. The highest BCUT2D eigenvalue weighted by atomic mass is 35.5. The van der Waals surface area contributed by atoms with E-state index in [9.17, 15) is 39.9 Å². The summed E-state index contributed by atoms with van der Waals surface area (Å²) in [7, 11) is 0. The summed E-state index contributed by atoms with van der Waals surface area (Å²) in [4.78, 5) is 19.1. The molecule has 214 valence electrons. The van der Waals surface area contributed by atoms with Crippen LogP contribution < -0.4 is 5.32 Å². The number of halogens is 9. The van der Waals surface area contributed by atoms with Crippen molar-refractivity contribution in [2.75, 3.05) is 11.9 Å². The van der Waals surface area contributed by atoms with Gasteiger partial charge in [0, 0.05) is 24.7 Å².